The number of benzene rings is 1. The van der Waals surface area contributed by atoms with Crippen molar-refractivity contribution in [1.29, 1.82) is 0 Å². The highest BCUT2D eigenvalue weighted by molar-refractivity contribution is 6.31. The quantitative estimate of drug-likeness (QED) is 0.555. The van der Waals surface area contributed by atoms with E-state index in [2.05, 4.69) is 0 Å². The summed E-state index contributed by atoms with van der Waals surface area (Å²) in [4.78, 5) is 0. The first kappa shape index (κ1) is 17.7. The molecule has 0 radical (unpaired) electrons. The molecule has 0 N–H and O–H groups in total. The molecule has 0 aromatic heterocycles. The molecule has 0 saturated carbocycles. The maximum atomic E-state index is 12.1. The Morgan fingerprint density at radius 3 is 1.75 bits per heavy atom. The average Bonchev–Trinajstić information content (AvgIpc) is 2.26. The summed E-state index contributed by atoms with van der Waals surface area (Å²) in [6.07, 6.45) is -4.28. The molecule has 0 saturated heterocycles. The highest BCUT2D eigenvalue weighted by atomic mass is 35.5. The first-order chi connectivity index (χ1) is 7.41. The second-order valence-corrected chi connectivity index (χ2v) is 2.87. The number of alkyl halides is 3. The highest BCUT2D eigenvalue weighted by Gasteiger charge is 2.30. The molecule has 0 aliphatic carbocycles. The minimum Gasteiger partial charge on any atom is -0.166 e. The molecular weight excluding hydrogens is 237 g/mol. The molecule has 0 fully saturated rings. The lowest BCUT2D eigenvalue weighted by atomic mass is 10.1. The first-order valence-corrected chi connectivity index (χ1v) is 5.62. The van der Waals surface area contributed by atoms with Gasteiger partial charge in [-0.1, -0.05) is 39.3 Å². The predicted molar refractivity (Wildman–Crippen MR) is 63.9 cm³/mol. The van der Waals surface area contributed by atoms with E-state index in [9.17, 15) is 13.2 Å². The largest absolute Gasteiger partial charge is 0.416 e. The smallest absolute Gasteiger partial charge is 0.166 e. The fourth-order valence-electron chi connectivity index (χ4n) is 0.821. The summed E-state index contributed by atoms with van der Waals surface area (Å²) in [5, 5.41) is 0.350. The zero-order chi connectivity index (χ0) is 13.4. The molecular formula is C12H18ClF3. The molecule has 1 rings (SSSR count). The standard InChI is InChI=1S/C8H6ClF3.2C2H6/c1-5-4-6(8(10,11)12)2-3-7(5)9;2*1-2/h2-4H,1H3;2*1-2H3. The van der Waals surface area contributed by atoms with Crippen LogP contribution in [0.2, 0.25) is 5.02 Å². The van der Waals surface area contributed by atoms with Gasteiger partial charge >= 0.3 is 6.18 Å². The highest BCUT2D eigenvalue weighted by Crippen LogP contribution is 2.31. The van der Waals surface area contributed by atoms with Crippen LogP contribution in [-0.4, -0.2) is 0 Å². The third-order valence-electron chi connectivity index (χ3n) is 1.49. The third-order valence-corrected chi connectivity index (χ3v) is 1.91. The summed E-state index contributed by atoms with van der Waals surface area (Å²) in [5.41, 5.74) is -0.226. The van der Waals surface area contributed by atoms with Crippen molar-refractivity contribution in [2.75, 3.05) is 0 Å². The topological polar surface area (TPSA) is 0 Å². The number of rotatable bonds is 0. The van der Waals surface area contributed by atoms with Crippen LogP contribution >= 0.6 is 11.6 Å². The van der Waals surface area contributed by atoms with Crippen molar-refractivity contribution in [3.63, 3.8) is 0 Å². The van der Waals surface area contributed by atoms with E-state index >= 15 is 0 Å². The second kappa shape index (κ2) is 8.45. The zero-order valence-electron chi connectivity index (χ0n) is 10.2. The summed E-state index contributed by atoms with van der Waals surface area (Å²) in [6.45, 7) is 9.54. The molecule has 0 bridgehead atoms. The molecule has 4 heteroatoms. The van der Waals surface area contributed by atoms with Crippen LogP contribution in [0.1, 0.15) is 38.8 Å². The Kier molecular flexibility index (Phi) is 9.34. The normalized spacial score (nSPS) is 9.56. The van der Waals surface area contributed by atoms with Crippen molar-refractivity contribution >= 4 is 11.6 Å². The molecule has 0 spiro atoms. The lowest BCUT2D eigenvalue weighted by molar-refractivity contribution is -0.137. The van der Waals surface area contributed by atoms with E-state index in [1.165, 1.54) is 13.0 Å². The Morgan fingerprint density at radius 2 is 1.44 bits per heavy atom. The zero-order valence-corrected chi connectivity index (χ0v) is 11.0. The fraction of sp³-hybridized carbons (Fsp3) is 0.500. The molecule has 0 amide bonds. The average molecular weight is 255 g/mol. The number of hydrogen-bond acceptors (Lipinski definition) is 0. The van der Waals surface area contributed by atoms with Crippen LogP contribution in [0.25, 0.3) is 0 Å². The Balaban J connectivity index is 0. The van der Waals surface area contributed by atoms with Crippen LogP contribution in [0.5, 0.6) is 0 Å². The van der Waals surface area contributed by atoms with Crippen LogP contribution in [0.4, 0.5) is 13.2 Å². The maximum Gasteiger partial charge on any atom is 0.416 e. The van der Waals surface area contributed by atoms with Crippen molar-refractivity contribution in [1.82, 2.24) is 0 Å². The third kappa shape index (κ3) is 6.01. The monoisotopic (exact) mass is 254 g/mol. The van der Waals surface area contributed by atoms with Crippen molar-refractivity contribution in [3.8, 4) is 0 Å². The van der Waals surface area contributed by atoms with E-state index in [1.54, 1.807) is 0 Å². The van der Waals surface area contributed by atoms with Crippen LogP contribution in [-0.2, 0) is 6.18 Å². The lowest BCUT2D eigenvalue weighted by Gasteiger charge is -2.07. The van der Waals surface area contributed by atoms with E-state index in [0.29, 0.717) is 10.6 Å². The Hall–Kier alpha value is -0.700. The Morgan fingerprint density at radius 1 is 1.00 bits per heavy atom. The van der Waals surface area contributed by atoms with Gasteiger partial charge in [0.1, 0.15) is 0 Å². The summed E-state index contributed by atoms with van der Waals surface area (Å²) < 4.78 is 36.2. The van der Waals surface area contributed by atoms with Gasteiger partial charge in [-0.05, 0) is 30.7 Å². The molecule has 0 atom stereocenters. The molecule has 16 heavy (non-hydrogen) atoms. The van der Waals surface area contributed by atoms with E-state index < -0.39 is 11.7 Å². The van der Waals surface area contributed by atoms with Gasteiger partial charge in [0.15, 0.2) is 0 Å². The molecule has 1 aromatic rings. The molecule has 0 unspecified atom stereocenters. The second-order valence-electron chi connectivity index (χ2n) is 2.46. The van der Waals surface area contributed by atoms with E-state index in [1.807, 2.05) is 27.7 Å². The minimum absolute atomic E-state index is 0.350. The van der Waals surface area contributed by atoms with Gasteiger partial charge in [0.25, 0.3) is 0 Å². The van der Waals surface area contributed by atoms with Crippen LogP contribution in [0.15, 0.2) is 18.2 Å². The number of halogens is 4. The van der Waals surface area contributed by atoms with Gasteiger partial charge in [0.2, 0.25) is 0 Å². The van der Waals surface area contributed by atoms with Gasteiger partial charge in [-0.15, -0.1) is 0 Å². The molecule has 0 aliphatic heterocycles. The van der Waals surface area contributed by atoms with E-state index in [-0.39, 0.29) is 0 Å². The van der Waals surface area contributed by atoms with Gasteiger partial charge in [0, 0.05) is 5.02 Å². The summed E-state index contributed by atoms with van der Waals surface area (Å²) >= 11 is 5.56. The summed E-state index contributed by atoms with van der Waals surface area (Å²) in [5.74, 6) is 0. The van der Waals surface area contributed by atoms with Crippen molar-refractivity contribution in [2.45, 2.75) is 40.8 Å². The maximum absolute atomic E-state index is 12.1. The fourth-order valence-corrected chi connectivity index (χ4v) is 0.939. The van der Waals surface area contributed by atoms with Crippen LogP contribution in [0, 0.1) is 6.92 Å². The molecule has 94 valence electrons. The Bertz CT molecular complexity index is 293. The summed E-state index contributed by atoms with van der Waals surface area (Å²) in [6, 6.07) is 3.25. The molecule has 0 aliphatic rings. The van der Waals surface area contributed by atoms with Gasteiger partial charge in [-0.3, -0.25) is 0 Å². The molecule has 0 heterocycles. The predicted octanol–water partition coefficient (Wildman–Crippen LogP) is 5.72. The summed E-state index contributed by atoms with van der Waals surface area (Å²) in [7, 11) is 0. The molecule has 0 nitrogen and oxygen atoms in total. The molecule has 1 aromatic carbocycles. The SMILES string of the molecule is CC.CC.Cc1cc(C(F)(F)F)ccc1Cl. The van der Waals surface area contributed by atoms with Crippen LogP contribution < -0.4 is 0 Å². The van der Waals surface area contributed by atoms with E-state index in [0.717, 1.165) is 12.1 Å². The van der Waals surface area contributed by atoms with E-state index in [4.69, 9.17) is 11.6 Å². The van der Waals surface area contributed by atoms with Crippen molar-refractivity contribution < 1.29 is 13.2 Å². The van der Waals surface area contributed by atoms with Gasteiger partial charge in [-0.25, -0.2) is 0 Å². The lowest BCUT2D eigenvalue weighted by Crippen LogP contribution is -2.04. The number of hydrogen-bond donors (Lipinski definition) is 0. The van der Waals surface area contributed by atoms with Crippen molar-refractivity contribution in [3.05, 3.63) is 34.3 Å². The number of aryl methyl sites for hydroxylation is 1. The van der Waals surface area contributed by atoms with Gasteiger partial charge in [-0.2, -0.15) is 13.2 Å². The Labute approximate surface area is 100 Å². The first-order valence-electron chi connectivity index (χ1n) is 5.24. The minimum atomic E-state index is -4.28. The van der Waals surface area contributed by atoms with Crippen molar-refractivity contribution in [2.24, 2.45) is 0 Å². The van der Waals surface area contributed by atoms with Gasteiger partial charge < -0.3 is 0 Å². The van der Waals surface area contributed by atoms with Crippen LogP contribution in [0.3, 0.4) is 0 Å². The van der Waals surface area contributed by atoms with Gasteiger partial charge in [0.05, 0.1) is 5.56 Å².